The number of carboxylic acid groups (broad SMARTS) is 1. The Kier molecular flexibility index (Phi) is 3.50. The van der Waals surface area contributed by atoms with Crippen molar-refractivity contribution >= 4 is 5.97 Å². The molecule has 0 fully saturated rings. The van der Waals surface area contributed by atoms with Gasteiger partial charge < -0.3 is 9.84 Å². The van der Waals surface area contributed by atoms with E-state index in [1.165, 1.54) is 13.3 Å². The third-order valence-corrected chi connectivity index (χ3v) is 1.42. The van der Waals surface area contributed by atoms with Gasteiger partial charge in [-0.3, -0.25) is 4.79 Å². The van der Waals surface area contributed by atoms with E-state index in [0.717, 1.165) is 0 Å². The monoisotopic (exact) mass is 191 g/mol. The van der Waals surface area contributed by atoms with Crippen LogP contribution in [0, 0.1) is 11.8 Å². The van der Waals surface area contributed by atoms with Crippen molar-refractivity contribution in [3.8, 4) is 17.7 Å². The molecule has 0 aromatic carbocycles. The molecule has 0 aliphatic rings. The first-order valence-electron chi connectivity index (χ1n) is 3.93. The number of nitrogens with zero attached hydrogens (tertiary/aromatic N) is 1. The van der Waals surface area contributed by atoms with Crippen molar-refractivity contribution in [2.24, 2.45) is 0 Å². The van der Waals surface area contributed by atoms with Crippen LogP contribution in [-0.4, -0.2) is 23.2 Å². The summed E-state index contributed by atoms with van der Waals surface area (Å²) in [6.45, 7) is 0. The molecule has 0 saturated carbocycles. The summed E-state index contributed by atoms with van der Waals surface area (Å²) in [6, 6.07) is 3.39. The molecular weight excluding hydrogens is 182 g/mol. The van der Waals surface area contributed by atoms with E-state index < -0.39 is 5.97 Å². The summed E-state index contributed by atoms with van der Waals surface area (Å²) in [4.78, 5) is 14.1. The number of carbonyl (C=O) groups is 1. The summed E-state index contributed by atoms with van der Waals surface area (Å²) in [5.41, 5.74) is 0.673. The zero-order valence-electron chi connectivity index (χ0n) is 7.65. The summed E-state index contributed by atoms with van der Waals surface area (Å²) in [5, 5.41) is 8.34. The Bertz CT molecular complexity index is 373. The fraction of sp³-hybridized carbons (Fsp3) is 0.200. The lowest BCUT2D eigenvalue weighted by atomic mass is 10.3. The third-order valence-electron chi connectivity index (χ3n) is 1.42. The van der Waals surface area contributed by atoms with Crippen LogP contribution in [0.2, 0.25) is 0 Å². The number of aromatic nitrogens is 1. The van der Waals surface area contributed by atoms with Gasteiger partial charge in [0.25, 0.3) is 0 Å². The summed E-state index contributed by atoms with van der Waals surface area (Å²) < 4.78 is 4.86. The van der Waals surface area contributed by atoms with Gasteiger partial charge in [0.15, 0.2) is 0 Å². The van der Waals surface area contributed by atoms with E-state index in [0.29, 0.717) is 11.4 Å². The Labute approximate surface area is 81.5 Å². The van der Waals surface area contributed by atoms with E-state index in [-0.39, 0.29) is 6.42 Å². The highest BCUT2D eigenvalue weighted by Gasteiger charge is 1.92. The first-order chi connectivity index (χ1) is 6.72. The molecule has 1 heterocycles. The molecule has 4 heteroatoms. The predicted molar refractivity (Wildman–Crippen MR) is 49.9 cm³/mol. The summed E-state index contributed by atoms with van der Waals surface area (Å²) in [7, 11) is 1.53. The second-order valence-corrected chi connectivity index (χ2v) is 2.46. The smallest absolute Gasteiger partial charge is 0.315 e. The molecule has 0 spiro atoms. The lowest BCUT2D eigenvalue weighted by Gasteiger charge is -1.95. The van der Waals surface area contributed by atoms with Crippen LogP contribution in [0.5, 0.6) is 5.88 Å². The van der Waals surface area contributed by atoms with Gasteiger partial charge in [0, 0.05) is 17.8 Å². The number of methoxy groups -OCH3 is 1. The quantitative estimate of drug-likeness (QED) is 0.706. The number of hydrogen-bond donors (Lipinski definition) is 1. The number of carboxylic acids is 1. The fourth-order valence-electron chi connectivity index (χ4n) is 0.797. The van der Waals surface area contributed by atoms with Crippen molar-refractivity contribution in [1.29, 1.82) is 0 Å². The Morgan fingerprint density at radius 3 is 2.93 bits per heavy atom. The van der Waals surface area contributed by atoms with Crippen LogP contribution in [0.15, 0.2) is 18.3 Å². The number of rotatable bonds is 2. The van der Waals surface area contributed by atoms with Crippen molar-refractivity contribution in [2.75, 3.05) is 7.11 Å². The lowest BCUT2D eigenvalue weighted by Crippen LogP contribution is -1.90. The largest absolute Gasteiger partial charge is 0.481 e. The van der Waals surface area contributed by atoms with Gasteiger partial charge in [-0.1, -0.05) is 11.8 Å². The number of aliphatic carboxylic acids is 1. The molecule has 0 aliphatic heterocycles. The van der Waals surface area contributed by atoms with Gasteiger partial charge in [0.1, 0.15) is 6.42 Å². The van der Waals surface area contributed by atoms with E-state index >= 15 is 0 Å². The van der Waals surface area contributed by atoms with Crippen molar-refractivity contribution in [3.05, 3.63) is 23.9 Å². The molecule has 1 aromatic heterocycles. The van der Waals surface area contributed by atoms with E-state index in [4.69, 9.17) is 9.84 Å². The topological polar surface area (TPSA) is 59.4 Å². The maximum absolute atomic E-state index is 10.2. The van der Waals surface area contributed by atoms with Gasteiger partial charge in [-0.25, -0.2) is 4.98 Å². The van der Waals surface area contributed by atoms with Gasteiger partial charge in [0.2, 0.25) is 5.88 Å². The first kappa shape index (κ1) is 10.1. The van der Waals surface area contributed by atoms with Crippen LogP contribution in [0.1, 0.15) is 12.0 Å². The second kappa shape index (κ2) is 4.87. The van der Waals surface area contributed by atoms with E-state index in [1.807, 2.05) is 0 Å². The Morgan fingerprint density at radius 1 is 1.64 bits per heavy atom. The molecule has 0 unspecified atom stereocenters. The molecule has 4 nitrogen and oxygen atoms in total. The second-order valence-electron chi connectivity index (χ2n) is 2.46. The average molecular weight is 191 g/mol. The van der Waals surface area contributed by atoms with Crippen LogP contribution in [-0.2, 0) is 4.79 Å². The Balaban J connectivity index is 2.66. The molecule has 14 heavy (non-hydrogen) atoms. The van der Waals surface area contributed by atoms with Crippen molar-refractivity contribution in [3.63, 3.8) is 0 Å². The molecule has 1 N–H and O–H groups in total. The zero-order valence-corrected chi connectivity index (χ0v) is 7.65. The van der Waals surface area contributed by atoms with Gasteiger partial charge >= 0.3 is 5.97 Å². The van der Waals surface area contributed by atoms with E-state index in [1.54, 1.807) is 12.1 Å². The zero-order chi connectivity index (χ0) is 10.4. The minimum Gasteiger partial charge on any atom is -0.481 e. The molecule has 1 rings (SSSR count). The molecule has 0 bridgehead atoms. The highest BCUT2D eigenvalue weighted by molar-refractivity contribution is 5.70. The molecular formula is C10H9NO3. The standard InChI is InChI=1S/C10H9NO3/c1-14-9-6-5-8(7-11-9)3-2-4-10(12)13/h5-7H,4H2,1H3,(H,12,13). The first-order valence-corrected chi connectivity index (χ1v) is 3.93. The minimum absolute atomic E-state index is 0.161. The molecule has 0 saturated heterocycles. The van der Waals surface area contributed by atoms with Crippen molar-refractivity contribution in [2.45, 2.75) is 6.42 Å². The lowest BCUT2D eigenvalue weighted by molar-refractivity contribution is -0.135. The molecule has 72 valence electrons. The highest BCUT2D eigenvalue weighted by Crippen LogP contribution is 2.05. The third kappa shape index (κ3) is 3.15. The number of pyridine rings is 1. The predicted octanol–water partition coefficient (Wildman–Crippen LogP) is 0.916. The van der Waals surface area contributed by atoms with Crippen molar-refractivity contribution < 1.29 is 14.6 Å². The van der Waals surface area contributed by atoms with Gasteiger partial charge in [0.05, 0.1) is 7.11 Å². The van der Waals surface area contributed by atoms with Crippen LogP contribution in [0.3, 0.4) is 0 Å². The SMILES string of the molecule is COc1ccc(C#CCC(=O)O)cn1. The van der Waals surface area contributed by atoms with Crippen molar-refractivity contribution in [1.82, 2.24) is 4.98 Å². The fourth-order valence-corrected chi connectivity index (χ4v) is 0.797. The van der Waals surface area contributed by atoms with Gasteiger partial charge in [-0.05, 0) is 6.07 Å². The number of hydrogen-bond acceptors (Lipinski definition) is 3. The van der Waals surface area contributed by atoms with Gasteiger partial charge in [-0.15, -0.1) is 0 Å². The molecule has 0 atom stereocenters. The maximum Gasteiger partial charge on any atom is 0.315 e. The van der Waals surface area contributed by atoms with Gasteiger partial charge in [-0.2, -0.15) is 0 Å². The van der Waals surface area contributed by atoms with Crippen LogP contribution in [0.4, 0.5) is 0 Å². The Hall–Kier alpha value is -2.02. The van der Waals surface area contributed by atoms with Crippen LogP contribution >= 0.6 is 0 Å². The van der Waals surface area contributed by atoms with E-state index in [2.05, 4.69) is 16.8 Å². The van der Waals surface area contributed by atoms with E-state index in [9.17, 15) is 4.79 Å². The molecule has 0 aliphatic carbocycles. The number of ether oxygens (including phenoxy) is 1. The Morgan fingerprint density at radius 2 is 2.43 bits per heavy atom. The summed E-state index contributed by atoms with van der Waals surface area (Å²) >= 11 is 0. The average Bonchev–Trinajstić information content (AvgIpc) is 2.18. The normalized spacial score (nSPS) is 8.64. The summed E-state index contributed by atoms with van der Waals surface area (Å²) in [6.07, 6.45) is 1.37. The molecule has 1 aromatic rings. The molecule has 0 radical (unpaired) electrons. The highest BCUT2D eigenvalue weighted by atomic mass is 16.5. The maximum atomic E-state index is 10.2. The summed E-state index contributed by atoms with van der Waals surface area (Å²) in [5.74, 6) is 4.76. The van der Waals surface area contributed by atoms with Crippen LogP contribution in [0.25, 0.3) is 0 Å². The molecule has 0 amide bonds. The van der Waals surface area contributed by atoms with Crippen LogP contribution < -0.4 is 4.74 Å². The minimum atomic E-state index is -0.932.